The molecule has 1 amide bonds. The fraction of sp³-hybridized carbons (Fsp3) is 0.696. The summed E-state index contributed by atoms with van der Waals surface area (Å²) in [6.45, 7) is 9.78. The number of hydrogen-bond donors (Lipinski definition) is 0. The van der Waals surface area contributed by atoms with Crippen LogP contribution in [0.3, 0.4) is 0 Å². The Morgan fingerprint density at radius 2 is 1.93 bits per heavy atom. The van der Waals surface area contributed by atoms with Gasteiger partial charge in [-0.3, -0.25) is 4.90 Å². The molecule has 0 saturated carbocycles. The van der Waals surface area contributed by atoms with Crippen LogP contribution in [0.25, 0.3) is 0 Å². The first-order valence-corrected chi connectivity index (χ1v) is 11.3. The first kappa shape index (κ1) is 21.7. The molecule has 4 rings (SSSR count). The first-order valence-electron chi connectivity index (χ1n) is 10.9. The summed E-state index contributed by atoms with van der Waals surface area (Å²) >= 11 is 6.23. The number of carbonyl (C=O) groups is 1. The van der Waals surface area contributed by atoms with E-state index in [0.29, 0.717) is 25.0 Å². The van der Waals surface area contributed by atoms with Gasteiger partial charge in [-0.1, -0.05) is 11.6 Å². The van der Waals surface area contributed by atoms with Crippen molar-refractivity contribution < 1.29 is 19.0 Å². The smallest absolute Gasteiger partial charge is 0.410 e. The Balaban J connectivity index is 1.28. The minimum atomic E-state index is -0.463. The lowest BCUT2D eigenvalue weighted by Crippen LogP contribution is -2.64. The van der Waals surface area contributed by atoms with E-state index in [1.54, 1.807) is 12.0 Å². The van der Waals surface area contributed by atoms with Crippen LogP contribution >= 0.6 is 11.6 Å². The number of nitrogens with zero attached hydrogens (tertiary/aromatic N) is 2. The van der Waals surface area contributed by atoms with Crippen LogP contribution in [-0.4, -0.2) is 73.0 Å². The number of rotatable bonds is 3. The van der Waals surface area contributed by atoms with Gasteiger partial charge in [-0.2, -0.15) is 0 Å². The molecule has 0 unspecified atom stereocenters. The molecule has 3 saturated heterocycles. The quantitative estimate of drug-likeness (QED) is 0.706. The van der Waals surface area contributed by atoms with Gasteiger partial charge in [-0.15, -0.1) is 0 Å². The number of ether oxygens (including phenoxy) is 3. The number of halogens is 1. The highest BCUT2D eigenvalue weighted by molar-refractivity contribution is 6.30. The summed E-state index contributed by atoms with van der Waals surface area (Å²) in [6.07, 6.45) is 2.92. The second-order valence-electron chi connectivity index (χ2n) is 9.88. The largest absolute Gasteiger partial charge is 0.496 e. The van der Waals surface area contributed by atoms with Gasteiger partial charge in [0, 0.05) is 11.1 Å². The minimum Gasteiger partial charge on any atom is -0.496 e. The molecule has 0 aliphatic carbocycles. The highest BCUT2D eigenvalue weighted by Crippen LogP contribution is 2.40. The van der Waals surface area contributed by atoms with E-state index in [1.165, 1.54) is 5.56 Å². The zero-order chi connectivity index (χ0) is 21.5. The Morgan fingerprint density at radius 3 is 2.57 bits per heavy atom. The van der Waals surface area contributed by atoms with E-state index >= 15 is 0 Å². The van der Waals surface area contributed by atoms with Crippen LogP contribution < -0.4 is 4.74 Å². The lowest BCUT2D eigenvalue weighted by molar-refractivity contribution is -0.109. The van der Waals surface area contributed by atoms with E-state index in [2.05, 4.69) is 4.90 Å². The normalized spacial score (nSPS) is 24.7. The maximum atomic E-state index is 12.2. The summed E-state index contributed by atoms with van der Waals surface area (Å²) in [5.74, 6) is 1.40. The number of carbonyl (C=O) groups excluding carboxylic acids is 1. The Labute approximate surface area is 184 Å². The second-order valence-corrected chi connectivity index (χ2v) is 10.3. The van der Waals surface area contributed by atoms with Crippen molar-refractivity contribution in [1.29, 1.82) is 0 Å². The van der Waals surface area contributed by atoms with Gasteiger partial charge in [0.25, 0.3) is 0 Å². The maximum absolute atomic E-state index is 12.2. The molecule has 1 aromatic rings. The van der Waals surface area contributed by atoms with E-state index in [-0.39, 0.29) is 11.7 Å². The van der Waals surface area contributed by atoms with Crippen molar-refractivity contribution in [2.45, 2.75) is 63.2 Å². The molecule has 3 aliphatic heterocycles. The van der Waals surface area contributed by atoms with Crippen LogP contribution in [0.5, 0.6) is 5.75 Å². The van der Waals surface area contributed by atoms with Crippen molar-refractivity contribution in [1.82, 2.24) is 9.80 Å². The standard InChI is InChI=1S/C23H33ClN2O4/c1-22(2,3)30-21(27)26-14-23(15-26)12-18(13-29-23)25-9-7-16(8-10-25)19-11-17(24)5-6-20(19)28-4/h5-6,11,16,18H,7-10,12-15H2,1-4H3/t18-/m0/s1. The molecule has 7 heteroatoms. The zero-order valence-corrected chi connectivity index (χ0v) is 19.2. The highest BCUT2D eigenvalue weighted by Gasteiger charge is 2.53. The zero-order valence-electron chi connectivity index (χ0n) is 18.4. The maximum Gasteiger partial charge on any atom is 0.410 e. The molecule has 166 valence electrons. The molecule has 1 spiro atoms. The Bertz CT molecular complexity index is 780. The molecule has 3 fully saturated rings. The monoisotopic (exact) mass is 436 g/mol. The van der Waals surface area contributed by atoms with Crippen LogP contribution in [-0.2, 0) is 9.47 Å². The van der Waals surface area contributed by atoms with Gasteiger partial charge in [0.2, 0.25) is 0 Å². The highest BCUT2D eigenvalue weighted by atomic mass is 35.5. The summed E-state index contributed by atoms with van der Waals surface area (Å²) in [6, 6.07) is 6.32. The van der Waals surface area contributed by atoms with Crippen LogP contribution in [0, 0.1) is 0 Å². The molecular weight excluding hydrogens is 404 g/mol. The fourth-order valence-corrected chi connectivity index (χ4v) is 5.16. The van der Waals surface area contributed by atoms with Crippen molar-refractivity contribution in [3.63, 3.8) is 0 Å². The number of piperidine rings is 1. The van der Waals surface area contributed by atoms with Gasteiger partial charge >= 0.3 is 6.09 Å². The van der Waals surface area contributed by atoms with E-state index in [9.17, 15) is 4.79 Å². The number of hydrogen-bond acceptors (Lipinski definition) is 5. The minimum absolute atomic E-state index is 0.186. The van der Waals surface area contributed by atoms with Gasteiger partial charge in [-0.05, 0) is 82.8 Å². The third-order valence-corrected chi connectivity index (χ3v) is 6.71. The molecular formula is C23H33ClN2O4. The molecule has 30 heavy (non-hydrogen) atoms. The lowest BCUT2D eigenvalue weighted by Gasteiger charge is -2.47. The molecule has 3 aliphatic rings. The Hall–Kier alpha value is -1.50. The Morgan fingerprint density at radius 1 is 1.23 bits per heavy atom. The number of likely N-dealkylation sites (tertiary alicyclic amines) is 2. The first-order chi connectivity index (χ1) is 14.2. The van der Waals surface area contributed by atoms with Gasteiger partial charge in [0.15, 0.2) is 0 Å². The number of amides is 1. The Kier molecular flexibility index (Phi) is 5.94. The van der Waals surface area contributed by atoms with Gasteiger partial charge in [0.05, 0.1) is 26.8 Å². The topological polar surface area (TPSA) is 51.2 Å². The molecule has 1 atom stereocenters. The summed E-state index contributed by atoms with van der Waals surface area (Å²) in [5.41, 5.74) is 0.569. The fourth-order valence-electron chi connectivity index (χ4n) is 4.98. The van der Waals surface area contributed by atoms with Gasteiger partial charge in [-0.25, -0.2) is 4.79 Å². The van der Waals surface area contributed by atoms with Crippen molar-refractivity contribution >= 4 is 17.7 Å². The van der Waals surface area contributed by atoms with Gasteiger partial charge in [0.1, 0.15) is 17.0 Å². The van der Waals surface area contributed by atoms with Crippen LogP contribution in [0.4, 0.5) is 4.79 Å². The van der Waals surface area contributed by atoms with Crippen LogP contribution in [0.15, 0.2) is 18.2 Å². The predicted octanol–water partition coefficient (Wildman–Crippen LogP) is 4.31. The van der Waals surface area contributed by atoms with Crippen molar-refractivity contribution in [3.05, 3.63) is 28.8 Å². The number of methoxy groups -OCH3 is 1. The average Bonchev–Trinajstić information content (AvgIpc) is 3.11. The SMILES string of the molecule is COc1ccc(Cl)cc1C1CCN([C@@H]2COC3(C2)CN(C(=O)OC(C)(C)C)C3)CC1. The summed E-state index contributed by atoms with van der Waals surface area (Å²) in [7, 11) is 1.72. The van der Waals surface area contributed by atoms with Crippen molar-refractivity contribution in [3.8, 4) is 5.75 Å². The molecule has 0 bridgehead atoms. The summed E-state index contributed by atoms with van der Waals surface area (Å²) in [5, 5.41) is 0.763. The molecule has 0 radical (unpaired) electrons. The molecule has 0 aromatic heterocycles. The summed E-state index contributed by atoms with van der Waals surface area (Å²) in [4.78, 5) is 16.5. The van der Waals surface area contributed by atoms with E-state index in [4.69, 9.17) is 25.8 Å². The van der Waals surface area contributed by atoms with E-state index in [0.717, 1.165) is 49.7 Å². The average molecular weight is 437 g/mol. The third kappa shape index (κ3) is 4.56. The van der Waals surface area contributed by atoms with Crippen molar-refractivity contribution in [2.24, 2.45) is 0 Å². The van der Waals surface area contributed by atoms with Crippen LogP contribution in [0.1, 0.15) is 51.5 Å². The lowest BCUT2D eigenvalue weighted by atomic mass is 9.86. The predicted molar refractivity (Wildman–Crippen MR) is 116 cm³/mol. The molecule has 1 aromatic carbocycles. The molecule has 6 nitrogen and oxygen atoms in total. The number of benzene rings is 1. The third-order valence-electron chi connectivity index (χ3n) is 6.48. The van der Waals surface area contributed by atoms with Crippen molar-refractivity contribution in [2.75, 3.05) is 39.9 Å². The van der Waals surface area contributed by atoms with E-state index in [1.807, 2.05) is 39.0 Å². The molecule has 0 N–H and O–H groups in total. The van der Waals surface area contributed by atoms with E-state index < -0.39 is 5.60 Å². The summed E-state index contributed by atoms with van der Waals surface area (Å²) < 4.78 is 17.2. The second kappa shape index (κ2) is 8.21. The van der Waals surface area contributed by atoms with Crippen LogP contribution in [0.2, 0.25) is 5.02 Å². The van der Waals surface area contributed by atoms with Gasteiger partial charge < -0.3 is 19.1 Å². The molecule has 3 heterocycles.